The van der Waals surface area contributed by atoms with Crippen molar-refractivity contribution in [2.75, 3.05) is 16.3 Å². The van der Waals surface area contributed by atoms with Crippen molar-refractivity contribution < 1.29 is 17.6 Å². The average Bonchev–Trinajstić information content (AvgIpc) is 3.43. The van der Waals surface area contributed by atoms with Gasteiger partial charge in [0.25, 0.3) is 0 Å². The number of thiazole rings is 1. The molecule has 8 nitrogen and oxygen atoms in total. The Morgan fingerprint density at radius 3 is 2.58 bits per heavy atom. The van der Waals surface area contributed by atoms with E-state index < -0.39 is 10.0 Å². The summed E-state index contributed by atoms with van der Waals surface area (Å²) < 4.78 is 30.7. The van der Waals surface area contributed by atoms with Crippen LogP contribution < -0.4 is 10.0 Å². The highest BCUT2D eigenvalue weighted by Gasteiger charge is 2.16. The molecule has 3 aromatic heterocycles. The lowest BCUT2D eigenvalue weighted by Crippen LogP contribution is -2.15. The van der Waals surface area contributed by atoms with Crippen LogP contribution in [0.25, 0.3) is 22.0 Å². The Morgan fingerprint density at radius 1 is 1.13 bits per heavy atom. The van der Waals surface area contributed by atoms with Gasteiger partial charge < -0.3 is 9.73 Å². The van der Waals surface area contributed by atoms with E-state index in [1.54, 1.807) is 31.2 Å². The Morgan fingerprint density at radius 2 is 1.90 bits per heavy atom. The quantitative estimate of drug-likeness (QED) is 0.411. The molecule has 160 valence electrons. The molecular weight excluding hydrogens is 456 g/mol. The molecule has 4 aromatic rings. The van der Waals surface area contributed by atoms with Gasteiger partial charge in [-0.25, -0.2) is 18.4 Å². The smallest absolute Gasteiger partial charge is 0.236 e. The molecule has 11 heteroatoms. The number of aromatic nitrogens is 2. The number of anilines is 2. The van der Waals surface area contributed by atoms with Gasteiger partial charge in [-0.2, -0.15) is 0 Å². The van der Waals surface area contributed by atoms with Crippen molar-refractivity contribution in [3.05, 3.63) is 58.6 Å². The van der Waals surface area contributed by atoms with E-state index in [1.165, 1.54) is 22.7 Å². The van der Waals surface area contributed by atoms with E-state index in [0.29, 0.717) is 33.9 Å². The molecule has 1 amide bonds. The van der Waals surface area contributed by atoms with Crippen LogP contribution in [0.5, 0.6) is 0 Å². The SMILES string of the molecule is Cc1oc(-c2cccs2)nc1CC(=O)Nc1nc(-c2ccc(NS(C)(=O)=O)cc2)cs1. The fourth-order valence-corrected chi connectivity index (χ4v) is 4.75. The number of oxazole rings is 1. The number of hydrogen-bond acceptors (Lipinski definition) is 8. The van der Waals surface area contributed by atoms with Crippen LogP contribution >= 0.6 is 22.7 Å². The highest BCUT2D eigenvalue weighted by Crippen LogP contribution is 2.28. The third kappa shape index (κ3) is 5.37. The van der Waals surface area contributed by atoms with Crippen LogP contribution in [0, 0.1) is 6.92 Å². The van der Waals surface area contributed by atoms with Crippen LogP contribution in [0.4, 0.5) is 10.8 Å². The predicted molar refractivity (Wildman–Crippen MR) is 123 cm³/mol. The van der Waals surface area contributed by atoms with Gasteiger partial charge in [0.05, 0.1) is 28.9 Å². The van der Waals surface area contributed by atoms with Gasteiger partial charge in [-0.3, -0.25) is 9.52 Å². The van der Waals surface area contributed by atoms with E-state index in [9.17, 15) is 13.2 Å². The number of carbonyl (C=O) groups excluding carboxylic acids is 1. The molecule has 0 bridgehead atoms. The van der Waals surface area contributed by atoms with E-state index in [4.69, 9.17) is 4.42 Å². The third-order valence-corrected chi connectivity index (χ3v) is 6.41. The molecule has 0 spiro atoms. The number of amides is 1. The number of carbonyl (C=O) groups is 1. The summed E-state index contributed by atoms with van der Waals surface area (Å²) in [6.45, 7) is 1.79. The molecule has 3 heterocycles. The topological polar surface area (TPSA) is 114 Å². The van der Waals surface area contributed by atoms with Crippen LogP contribution in [0.15, 0.2) is 51.6 Å². The van der Waals surface area contributed by atoms with Gasteiger partial charge in [-0.05, 0) is 30.5 Å². The molecule has 1 aromatic carbocycles. The maximum absolute atomic E-state index is 12.5. The van der Waals surface area contributed by atoms with Crippen molar-refractivity contribution in [1.29, 1.82) is 0 Å². The summed E-state index contributed by atoms with van der Waals surface area (Å²) in [5.41, 5.74) is 2.55. The van der Waals surface area contributed by atoms with Crippen molar-refractivity contribution in [2.45, 2.75) is 13.3 Å². The van der Waals surface area contributed by atoms with Crippen LogP contribution in [-0.4, -0.2) is 30.5 Å². The van der Waals surface area contributed by atoms with Gasteiger partial charge in [-0.1, -0.05) is 18.2 Å². The minimum absolute atomic E-state index is 0.0848. The fourth-order valence-electron chi connectivity index (χ4n) is 2.80. The lowest BCUT2D eigenvalue weighted by Gasteiger charge is -2.04. The molecule has 0 unspecified atom stereocenters. The molecule has 0 aliphatic heterocycles. The van der Waals surface area contributed by atoms with Crippen LogP contribution in [0.3, 0.4) is 0 Å². The number of rotatable bonds is 7. The minimum Gasteiger partial charge on any atom is -0.440 e. The molecule has 0 aliphatic rings. The summed E-state index contributed by atoms with van der Waals surface area (Å²) in [5.74, 6) is 0.893. The number of benzene rings is 1. The first-order valence-corrected chi connectivity index (χ1v) is 12.8. The van der Waals surface area contributed by atoms with E-state index in [2.05, 4.69) is 20.0 Å². The normalized spacial score (nSPS) is 11.4. The van der Waals surface area contributed by atoms with E-state index in [0.717, 1.165) is 16.7 Å². The minimum atomic E-state index is -3.33. The van der Waals surface area contributed by atoms with E-state index >= 15 is 0 Å². The van der Waals surface area contributed by atoms with Crippen LogP contribution in [0.2, 0.25) is 0 Å². The Labute approximate surface area is 187 Å². The maximum atomic E-state index is 12.5. The average molecular weight is 475 g/mol. The monoisotopic (exact) mass is 474 g/mol. The predicted octanol–water partition coefficient (Wildman–Crippen LogP) is 4.39. The van der Waals surface area contributed by atoms with Gasteiger partial charge in [0, 0.05) is 16.6 Å². The van der Waals surface area contributed by atoms with E-state index in [1.807, 2.05) is 22.9 Å². The Balaban J connectivity index is 1.40. The summed E-state index contributed by atoms with van der Waals surface area (Å²) in [6, 6.07) is 10.7. The van der Waals surface area contributed by atoms with Crippen molar-refractivity contribution in [3.8, 4) is 22.0 Å². The number of hydrogen-bond donors (Lipinski definition) is 2. The second kappa shape index (κ2) is 8.61. The summed E-state index contributed by atoms with van der Waals surface area (Å²) in [4.78, 5) is 22.3. The molecule has 0 saturated carbocycles. The van der Waals surface area contributed by atoms with Gasteiger partial charge in [0.15, 0.2) is 5.13 Å². The number of thiophene rings is 1. The van der Waals surface area contributed by atoms with Gasteiger partial charge in [0.2, 0.25) is 21.8 Å². The van der Waals surface area contributed by atoms with Crippen LogP contribution in [0.1, 0.15) is 11.5 Å². The van der Waals surface area contributed by atoms with Crippen molar-refractivity contribution in [1.82, 2.24) is 9.97 Å². The molecule has 0 saturated heterocycles. The Hall–Kier alpha value is -3.02. The number of sulfonamides is 1. The van der Waals surface area contributed by atoms with E-state index in [-0.39, 0.29) is 12.3 Å². The number of aryl methyl sites for hydroxylation is 1. The van der Waals surface area contributed by atoms with Crippen molar-refractivity contribution in [3.63, 3.8) is 0 Å². The van der Waals surface area contributed by atoms with Crippen molar-refractivity contribution in [2.24, 2.45) is 0 Å². The fraction of sp³-hybridized carbons (Fsp3) is 0.150. The lowest BCUT2D eigenvalue weighted by atomic mass is 10.1. The first kappa shape index (κ1) is 21.2. The second-order valence-electron chi connectivity index (χ2n) is 6.71. The summed E-state index contributed by atoms with van der Waals surface area (Å²) >= 11 is 2.83. The third-order valence-electron chi connectivity index (χ3n) is 4.19. The zero-order chi connectivity index (χ0) is 22.0. The largest absolute Gasteiger partial charge is 0.440 e. The van der Waals surface area contributed by atoms with Gasteiger partial charge in [0.1, 0.15) is 5.76 Å². The molecule has 31 heavy (non-hydrogen) atoms. The Kier molecular flexibility index (Phi) is 5.90. The summed E-state index contributed by atoms with van der Waals surface area (Å²) in [7, 11) is -3.33. The van der Waals surface area contributed by atoms with Gasteiger partial charge >= 0.3 is 0 Å². The van der Waals surface area contributed by atoms with Crippen molar-refractivity contribution >= 4 is 49.4 Å². The molecule has 0 atom stereocenters. The number of nitrogens with one attached hydrogen (secondary N) is 2. The van der Waals surface area contributed by atoms with Gasteiger partial charge in [-0.15, -0.1) is 22.7 Å². The number of nitrogens with zero attached hydrogens (tertiary/aromatic N) is 2. The first-order chi connectivity index (χ1) is 14.8. The second-order valence-corrected chi connectivity index (χ2v) is 10.3. The molecule has 4 rings (SSSR count). The lowest BCUT2D eigenvalue weighted by molar-refractivity contribution is -0.115. The first-order valence-electron chi connectivity index (χ1n) is 9.10. The molecule has 0 fully saturated rings. The summed E-state index contributed by atoms with van der Waals surface area (Å²) in [5, 5.41) is 7.03. The molecule has 2 N–H and O–H groups in total. The Bertz CT molecular complexity index is 1310. The summed E-state index contributed by atoms with van der Waals surface area (Å²) in [6.07, 6.45) is 1.18. The molecular formula is C20H18N4O4S3. The highest BCUT2D eigenvalue weighted by atomic mass is 32.2. The van der Waals surface area contributed by atoms with Crippen LogP contribution in [-0.2, 0) is 21.2 Å². The molecule has 0 radical (unpaired) electrons. The zero-order valence-corrected chi connectivity index (χ0v) is 19.0. The maximum Gasteiger partial charge on any atom is 0.236 e. The standard InChI is InChI=1S/C20H18N4O4S3/c1-12-15(21-19(28-12)17-4-3-9-29-17)10-18(25)23-20-22-16(11-30-20)13-5-7-14(8-6-13)24-31(2,26)27/h3-9,11,24H,10H2,1-2H3,(H,22,23,25). The molecule has 0 aliphatic carbocycles. The highest BCUT2D eigenvalue weighted by molar-refractivity contribution is 7.92. The zero-order valence-electron chi connectivity index (χ0n) is 16.6.